The maximum absolute atomic E-state index is 13.2. The van der Waals surface area contributed by atoms with Crippen LogP contribution in [-0.2, 0) is 15.7 Å². The third kappa shape index (κ3) is 4.88. The second kappa shape index (κ2) is 9.42. The van der Waals surface area contributed by atoms with E-state index in [9.17, 15) is 22.8 Å². The summed E-state index contributed by atoms with van der Waals surface area (Å²) >= 11 is 4.38. The second-order valence-corrected chi connectivity index (χ2v) is 7.52. The molecular formula is C23H18F3N3O3S. The summed E-state index contributed by atoms with van der Waals surface area (Å²) in [6.07, 6.45) is -3.25. The van der Waals surface area contributed by atoms with Gasteiger partial charge in [-0.3, -0.25) is 4.90 Å². The number of hydrogen-bond donors (Lipinski definition) is 2. The topological polar surface area (TPSA) is 82.4 Å². The first-order chi connectivity index (χ1) is 15.6. The minimum absolute atomic E-state index is 0.00821. The molecule has 2 aromatic carbocycles. The predicted molar refractivity (Wildman–Crippen MR) is 117 cm³/mol. The van der Waals surface area contributed by atoms with Crippen LogP contribution in [0, 0.1) is 11.3 Å². The Kier molecular flexibility index (Phi) is 6.84. The molecule has 0 spiro atoms. The van der Waals surface area contributed by atoms with Gasteiger partial charge in [0.2, 0.25) is 0 Å². The number of nitrogens with zero attached hydrogens (tertiary/aromatic N) is 2. The van der Waals surface area contributed by atoms with Gasteiger partial charge < -0.3 is 10.1 Å². The highest BCUT2D eigenvalue weighted by Crippen LogP contribution is 2.38. The van der Waals surface area contributed by atoms with E-state index in [2.05, 4.69) is 24.5 Å². The molecule has 1 N–H and O–H groups in total. The van der Waals surface area contributed by atoms with Gasteiger partial charge in [-0.15, -0.1) is 12.6 Å². The average Bonchev–Trinajstić information content (AvgIpc) is 2.76. The van der Waals surface area contributed by atoms with Crippen LogP contribution in [0.5, 0.6) is 0 Å². The normalized spacial score (nSPS) is 16.2. The molecule has 0 radical (unpaired) electrons. The molecule has 0 bridgehead atoms. The van der Waals surface area contributed by atoms with Crippen molar-refractivity contribution in [2.24, 2.45) is 0 Å². The summed E-state index contributed by atoms with van der Waals surface area (Å²) in [6.45, 7) is 4.82. The van der Waals surface area contributed by atoms with Crippen molar-refractivity contribution in [3.8, 4) is 6.07 Å². The number of nitriles is 1. The first kappa shape index (κ1) is 23.9. The van der Waals surface area contributed by atoms with E-state index in [1.54, 1.807) is 6.07 Å². The van der Waals surface area contributed by atoms with Crippen LogP contribution in [-0.4, -0.2) is 18.6 Å². The smallest absolute Gasteiger partial charge is 0.416 e. The molecule has 6 nitrogen and oxygen atoms in total. The molecule has 0 aromatic heterocycles. The van der Waals surface area contributed by atoms with Gasteiger partial charge in [0, 0.05) is 10.6 Å². The van der Waals surface area contributed by atoms with E-state index in [4.69, 9.17) is 10.00 Å². The molecule has 0 saturated carbocycles. The molecule has 1 aliphatic heterocycles. The molecule has 0 aliphatic carbocycles. The number of nitrogens with one attached hydrogen (secondary N) is 1. The lowest BCUT2D eigenvalue weighted by Gasteiger charge is -2.36. The molecule has 1 aliphatic rings. The van der Waals surface area contributed by atoms with E-state index in [0.717, 1.165) is 17.0 Å². The molecule has 0 saturated heterocycles. The lowest BCUT2D eigenvalue weighted by molar-refractivity contribution is -0.139. The number of carbonyl (C=O) groups is 2. The lowest BCUT2D eigenvalue weighted by atomic mass is 9.93. The molecule has 1 atom stereocenters. The number of anilines is 1. The van der Waals surface area contributed by atoms with Crippen LogP contribution in [0.1, 0.15) is 29.7 Å². The van der Waals surface area contributed by atoms with Crippen LogP contribution in [0.2, 0.25) is 0 Å². The van der Waals surface area contributed by atoms with Crippen molar-refractivity contribution in [2.75, 3.05) is 11.5 Å². The summed E-state index contributed by atoms with van der Waals surface area (Å²) in [5.74, 6) is -0.786. The number of halogens is 3. The highest BCUT2D eigenvalue weighted by Gasteiger charge is 2.39. The van der Waals surface area contributed by atoms with Crippen molar-refractivity contribution in [1.82, 2.24) is 5.32 Å². The quantitative estimate of drug-likeness (QED) is 0.358. The van der Waals surface area contributed by atoms with Gasteiger partial charge in [-0.25, -0.2) is 9.59 Å². The number of hydrogen-bond acceptors (Lipinski definition) is 5. The Morgan fingerprint density at radius 2 is 2.06 bits per heavy atom. The van der Waals surface area contributed by atoms with E-state index >= 15 is 0 Å². The third-order valence-electron chi connectivity index (χ3n) is 4.94. The van der Waals surface area contributed by atoms with Gasteiger partial charge in [0.1, 0.15) is 6.61 Å². The summed E-state index contributed by atoms with van der Waals surface area (Å²) in [5, 5.41) is 11.7. The van der Waals surface area contributed by atoms with Crippen molar-refractivity contribution < 1.29 is 27.5 Å². The molecule has 33 heavy (non-hydrogen) atoms. The van der Waals surface area contributed by atoms with Crippen LogP contribution in [0.3, 0.4) is 0 Å². The molecular weight excluding hydrogens is 455 g/mol. The third-order valence-corrected chi connectivity index (χ3v) is 5.33. The number of ether oxygens (including phenoxy) is 1. The molecule has 0 fully saturated rings. The molecule has 0 unspecified atom stereocenters. The van der Waals surface area contributed by atoms with Crippen LogP contribution in [0.25, 0.3) is 0 Å². The highest BCUT2D eigenvalue weighted by molar-refractivity contribution is 7.80. The Labute approximate surface area is 193 Å². The number of carbonyl (C=O) groups excluding carboxylic acids is 2. The molecule has 2 aromatic rings. The number of thiol groups is 1. The Hall–Kier alpha value is -3.71. The Balaban J connectivity index is 2.17. The van der Waals surface area contributed by atoms with Gasteiger partial charge in [0.05, 0.1) is 34.5 Å². The van der Waals surface area contributed by atoms with Gasteiger partial charge in [0.25, 0.3) is 0 Å². The average molecular weight is 473 g/mol. The SMILES string of the molecule is C=CCOC(=O)C1=C(C)N(c2cccc(C(F)(F)F)c2)C(=O)N[C@@H]1c1ccc(C#N)cc1S. The van der Waals surface area contributed by atoms with Crippen molar-refractivity contribution in [2.45, 2.75) is 24.0 Å². The first-order valence-electron chi connectivity index (χ1n) is 9.58. The molecule has 1 heterocycles. The first-order valence-corrected chi connectivity index (χ1v) is 10.0. The number of rotatable bonds is 5. The molecule has 170 valence electrons. The van der Waals surface area contributed by atoms with E-state index in [1.165, 1.54) is 37.3 Å². The van der Waals surface area contributed by atoms with Crippen molar-refractivity contribution in [3.05, 3.63) is 83.1 Å². The number of urea groups is 1. The second-order valence-electron chi connectivity index (χ2n) is 7.04. The standard InChI is InChI=1S/C23H18F3N3O3S/c1-3-9-32-21(30)19-13(2)29(16-6-4-5-15(11-16)23(24,25)26)22(31)28-20(19)17-8-7-14(12-27)10-18(17)33/h3-8,10-11,20,33H,1,9H2,2H3,(H,28,31)/t20-/m1/s1. The van der Waals surface area contributed by atoms with Crippen molar-refractivity contribution in [3.63, 3.8) is 0 Å². The fraction of sp³-hybridized carbons (Fsp3) is 0.174. The van der Waals surface area contributed by atoms with E-state index < -0.39 is 29.8 Å². The van der Waals surface area contributed by atoms with Gasteiger partial charge >= 0.3 is 18.2 Å². The van der Waals surface area contributed by atoms with Gasteiger partial charge in [-0.2, -0.15) is 18.4 Å². The zero-order chi connectivity index (χ0) is 24.3. The maximum Gasteiger partial charge on any atom is 0.416 e. The van der Waals surface area contributed by atoms with Gasteiger partial charge in [0.15, 0.2) is 0 Å². The van der Waals surface area contributed by atoms with Crippen LogP contribution in [0.15, 0.2) is 71.3 Å². The minimum atomic E-state index is -4.61. The minimum Gasteiger partial charge on any atom is -0.458 e. The summed E-state index contributed by atoms with van der Waals surface area (Å²) < 4.78 is 44.8. The lowest BCUT2D eigenvalue weighted by Crippen LogP contribution is -2.48. The Morgan fingerprint density at radius 3 is 2.67 bits per heavy atom. The molecule has 3 rings (SSSR count). The monoisotopic (exact) mass is 473 g/mol. The van der Waals surface area contributed by atoms with E-state index in [1.807, 2.05) is 6.07 Å². The summed E-state index contributed by atoms with van der Waals surface area (Å²) in [5.41, 5.74) is -0.170. The largest absolute Gasteiger partial charge is 0.458 e. The van der Waals surface area contributed by atoms with Crippen molar-refractivity contribution in [1.29, 1.82) is 5.26 Å². The zero-order valence-corrected chi connectivity index (χ0v) is 18.2. The van der Waals surface area contributed by atoms with Crippen LogP contribution in [0.4, 0.5) is 23.7 Å². The summed E-state index contributed by atoms with van der Waals surface area (Å²) in [4.78, 5) is 27.3. The fourth-order valence-corrected chi connectivity index (χ4v) is 3.79. The number of benzene rings is 2. The molecule has 2 amide bonds. The summed E-state index contributed by atoms with van der Waals surface area (Å²) in [7, 11) is 0. The van der Waals surface area contributed by atoms with Crippen molar-refractivity contribution >= 4 is 30.3 Å². The number of alkyl halides is 3. The summed E-state index contributed by atoms with van der Waals surface area (Å²) in [6, 6.07) is 8.96. The Morgan fingerprint density at radius 1 is 1.33 bits per heavy atom. The number of esters is 1. The van der Waals surface area contributed by atoms with E-state index in [-0.39, 0.29) is 23.6 Å². The van der Waals surface area contributed by atoms with E-state index in [0.29, 0.717) is 16.0 Å². The fourth-order valence-electron chi connectivity index (χ4n) is 3.44. The maximum atomic E-state index is 13.2. The van der Waals surface area contributed by atoms with Crippen LogP contribution < -0.4 is 10.2 Å². The van der Waals surface area contributed by atoms with Gasteiger partial charge in [-0.05, 0) is 42.8 Å². The number of allylic oxidation sites excluding steroid dienone is 1. The predicted octanol–water partition coefficient (Wildman–Crippen LogP) is 5.14. The van der Waals surface area contributed by atoms with Gasteiger partial charge in [-0.1, -0.05) is 24.8 Å². The Bertz CT molecular complexity index is 1200. The zero-order valence-electron chi connectivity index (χ0n) is 17.3. The highest BCUT2D eigenvalue weighted by atomic mass is 32.1. The van der Waals surface area contributed by atoms with Crippen LogP contribution >= 0.6 is 12.6 Å². The number of amides is 2. The molecule has 10 heteroatoms.